The Labute approximate surface area is 196 Å². The van der Waals surface area contributed by atoms with Gasteiger partial charge in [-0.2, -0.15) is 0 Å². The van der Waals surface area contributed by atoms with Crippen LogP contribution in [0.1, 0.15) is 23.5 Å². The molecule has 3 rings (SSSR count). The van der Waals surface area contributed by atoms with E-state index in [0.717, 1.165) is 29.4 Å². The summed E-state index contributed by atoms with van der Waals surface area (Å²) in [4.78, 5) is 47.3. The van der Waals surface area contributed by atoms with Gasteiger partial charge in [-0.1, -0.05) is 48.5 Å². The van der Waals surface area contributed by atoms with E-state index in [1.54, 1.807) is 0 Å². The number of fused-ring (bicyclic) bond motifs is 3. The van der Waals surface area contributed by atoms with E-state index in [4.69, 9.17) is 9.47 Å². The largest absolute Gasteiger partial charge is 0.480 e. The SMILES string of the molecule is COC(=O)C[C@@H](NC(=O)C(CNC(=O)OCC1c2ccccc2-c2ccccc21)OC)C(=O)O. The molecule has 10 nitrogen and oxygen atoms in total. The number of aliphatic carboxylic acids is 1. The summed E-state index contributed by atoms with van der Waals surface area (Å²) in [6.07, 6.45) is -2.49. The Balaban J connectivity index is 1.54. The summed E-state index contributed by atoms with van der Waals surface area (Å²) in [6.45, 7) is -0.159. The molecule has 34 heavy (non-hydrogen) atoms. The predicted octanol–water partition coefficient (Wildman–Crippen LogP) is 1.67. The fourth-order valence-corrected chi connectivity index (χ4v) is 3.82. The molecule has 2 aromatic rings. The normalized spacial score (nSPS) is 13.7. The summed E-state index contributed by atoms with van der Waals surface area (Å²) in [5, 5.41) is 13.9. The van der Waals surface area contributed by atoms with E-state index < -0.39 is 42.5 Å². The van der Waals surface area contributed by atoms with Crippen LogP contribution < -0.4 is 10.6 Å². The molecule has 2 atom stereocenters. The summed E-state index contributed by atoms with van der Waals surface area (Å²) in [7, 11) is 2.35. The summed E-state index contributed by atoms with van der Waals surface area (Å²) < 4.78 is 14.9. The topological polar surface area (TPSA) is 140 Å². The van der Waals surface area contributed by atoms with E-state index in [-0.39, 0.29) is 19.1 Å². The second kappa shape index (κ2) is 11.3. The molecule has 10 heteroatoms. The first-order valence-corrected chi connectivity index (χ1v) is 10.6. The number of amides is 2. The van der Waals surface area contributed by atoms with Crippen LogP contribution in [0, 0.1) is 0 Å². The third kappa shape index (κ3) is 5.70. The molecule has 0 aliphatic heterocycles. The lowest BCUT2D eigenvalue weighted by atomic mass is 9.98. The van der Waals surface area contributed by atoms with Gasteiger partial charge in [0.2, 0.25) is 0 Å². The van der Waals surface area contributed by atoms with Gasteiger partial charge in [0.25, 0.3) is 5.91 Å². The number of rotatable bonds is 10. The van der Waals surface area contributed by atoms with E-state index in [2.05, 4.69) is 15.4 Å². The quantitative estimate of drug-likeness (QED) is 0.446. The fourth-order valence-electron chi connectivity index (χ4n) is 3.82. The number of nitrogens with one attached hydrogen (secondary N) is 2. The summed E-state index contributed by atoms with van der Waals surface area (Å²) in [6, 6.07) is 14.4. The zero-order valence-electron chi connectivity index (χ0n) is 18.8. The first-order chi connectivity index (χ1) is 16.3. The minimum atomic E-state index is -1.49. The van der Waals surface area contributed by atoms with Crippen molar-refractivity contribution in [2.24, 2.45) is 0 Å². The molecule has 0 saturated carbocycles. The minimum Gasteiger partial charge on any atom is -0.480 e. The van der Waals surface area contributed by atoms with Gasteiger partial charge < -0.3 is 30.0 Å². The number of carboxylic acid groups (broad SMARTS) is 1. The second-order valence-electron chi connectivity index (χ2n) is 7.61. The van der Waals surface area contributed by atoms with Crippen molar-refractivity contribution in [1.29, 1.82) is 0 Å². The predicted molar refractivity (Wildman–Crippen MR) is 120 cm³/mol. The number of carbonyl (C=O) groups is 4. The van der Waals surface area contributed by atoms with Gasteiger partial charge in [-0.15, -0.1) is 0 Å². The number of alkyl carbamates (subject to hydrolysis) is 1. The first-order valence-electron chi connectivity index (χ1n) is 10.6. The zero-order chi connectivity index (χ0) is 24.7. The van der Waals surface area contributed by atoms with Crippen LogP contribution in [-0.2, 0) is 28.6 Å². The average molecular weight is 470 g/mol. The van der Waals surface area contributed by atoms with Crippen LogP contribution in [0.15, 0.2) is 48.5 Å². The van der Waals surface area contributed by atoms with E-state index in [9.17, 15) is 24.3 Å². The standard InChI is InChI=1S/C24H26N2O8/c1-32-20(22(28)26-19(23(29)30)11-21(27)33-2)12-25-24(31)34-13-18-16-9-5-3-7-14(16)15-8-4-6-10-17(15)18/h3-10,18-20H,11-13H2,1-2H3,(H,25,31)(H,26,28)(H,29,30)/t19-,20?/m1/s1. The number of hydrogen-bond donors (Lipinski definition) is 3. The number of esters is 1. The van der Waals surface area contributed by atoms with Crippen LogP contribution in [0.5, 0.6) is 0 Å². The number of ether oxygens (including phenoxy) is 3. The maximum atomic E-state index is 12.4. The summed E-state index contributed by atoms with van der Waals surface area (Å²) >= 11 is 0. The minimum absolute atomic E-state index is 0.101. The van der Waals surface area contributed by atoms with Crippen molar-refractivity contribution < 1.29 is 38.5 Å². The molecule has 0 aromatic heterocycles. The van der Waals surface area contributed by atoms with Crippen molar-refractivity contribution in [3.63, 3.8) is 0 Å². The number of carboxylic acids is 1. The molecule has 180 valence electrons. The number of benzene rings is 2. The molecule has 0 fully saturated rings. The smallest absolute Gasteiger partial charge is 0.407 e. The number of carbonyl (C=O) groups excluding carboxylic acids is 3. The molecule has 2 aromatic carbocycles. The van der Waals surface area contributed by atoms with Crippen molar-refractivity contribution in [2.75, 3.05) is 27.4 Å². The van der Waals surface area contributed by atoms with Crippen molar-refractivity contribution in [3.8, 4) is 11.1 Å². The molecule has 0 heterocycles. The van der Waals surface area contributed by atoms with Gasteiger partial charge in [0.05, 0.1) is 20.1 Å². The van der Waals surface area contributed by atoms with E-state index in [0.29, 0.717) is 0 Å². The number of hydrogen-bond acceptors (Lipinski definition) is 7. The van der Waals surface area contributed by atoms with Crippen LogP contribution in [-0.4, -0.2) is 68.6 Å². The van der Waals surface area contributed by atoms with Crippen LogP contribution in [0.3, 0.4) is 0 Å². The highest BCUT2D eigenvalue weighted by Crippen LogP contribution is 2.44. The zero-order valence-corrected chi connectivity index (χ0v) is 18.8. The van der Waals surface area contributed by atoms with Crippen LogP contribution in [0.2, 0.25) is 0 Å². The van der Waals surface area contributed by atoms with Gasteiger partial charge in [0.1, 0.15) is 12.6 Å². The van der Waals surface area contributed by atoms with E-state index in [1.807, 2.05) is 48.5 Å². The molecule has 0 saturated heterocycles. The molecule has 0 radical (unpaired) electrons. The van der Waals surface area contributed by atoms with Gasteiger partial charge >= 0.3 is 18.0 Å². The average Bonchev–Trinajstić information content (AvgIpc) is 3.16. The highest BCUT2D eigenvalue weighted by Gasteiger charge is 2.30. The molecule has 3 N–H and O–H groups in total. The molecule has 1 aliphatic rings. The van der Waals surface area contributed by atoms with Crippen LogP contribution in [0.4, 0.5) is 4.79 Å². The Kier molecular flexibility index (Phi) is 8.20. The van der Waals surface area contributed by atoms with Gasteiger partial charge in [-0.05, 0) is 22.3 Å². The Morgan fingerprint density at radius 3 is 2.09 bits per heavy atom. The molecule has 0 bridgehead atoms. The molecule has 1 aliphatic carbocycles. The van der Waals surface area contributed by atoms with Gasteiger partial charge in [0.15, 0.2) is 6.10 Å². The molecule has 1 unspecified atom stereocenters. The first kappa shape index (κ1) is 24.7. The monoisotopic (exact) mass is 470 g/mol. The Hall–Kier alpha value is -3.92. The van der Waals surface area contributed by atoms with Crippen molar-refractivity contribution in [2.45, 2.75) is 24.5 Å². The van der Waals surface area contributed by atoms with E-state index >= 15 is 0 Å². The van der Waals surface area contributed by atoms with Crippen molar-refractivity contribution in [1.82, 2.24) is 10.6 Å². The van der Waals surface area contributed by atoms with Gasteiger partial charge in [0, 0.05) is 13.0 Å². The molecule has 2 amide bonds. The Bertz CT molecular complexity index is 1020. The fraction of sp³-hybridized carbons (Fsp3) is 0.333. The highest BCUT2D eigenvalue weighted by atomic mass is 16.5. The van der Waals surface area contributed by atoms with Crippen molar-refractivity contribution in [3.05, 3.63) is 59.7 Å². The van der Waals surface area contributed by atoms with E-state index in [1.165, 1.54) is 7.11 Å². The van der Waals surface area contributed by atoms with Crippen molar-refractivity contribution >= 4 is 23.9 Å². The number of methoxy groups -OCH3 is 2. The lowest BCUT2D eigenvalue weighted by molar-refractivity contribution is -0.149. The third-order valence-corrected chi connectivity index (χ3v) is 5.57. The summed E-state index contributed by atoms with van der Waals surface area (Å²) in [5.74, 6) is -3.12. The Morgan fingerprint density at radius 1 is 0.971 bits per heavy atom. The lowest BCUT2D eigenvalue weighted by Crippen LogP contribution is -2.50. The molecular formula is C24H26N2O8. The van der Waals surface area contributed by atoms with Crippen LogP contribution in [0.25, 0.3) is 11.1 Å². The van der Waals surface area contributed by atoms with Gasteiger partial charge in [-0.25, -0.2) is 9.59 Å². The second-order valence-corrected chi connectivity index (χ2v) is 7.61. The Morgan fingerprint density at radius 2 is 1.56 bits per heavy atom. The van der Waals surface area contributed by atoms with Gasteiger partial charge in [-0.3, -0.25) is 9.59 Å². The highest BCUT2D eigenvalue weighted by molar-refractivity contribution is 5.89. The lowest BCUT2D eigenvalue weighted by Gasteiger charge is -2.19. The van der Waals surface area contributed by atoms with Crippen LogP contribution >= 0.6 is 0 Å². The maximum absolute atomic E-state index is 12.4. The molecule has 0 spiro atoms. The summed E-state index contributed by atoms with van der Waals surface area (Å²) in [5.41, 5.74) is 4.33. The third-order valence-electron chi connectivity index (χ3n) is 5.57. The maximum Gasteiger partial charge on any atom is 0.407 e. The molecular weight excluding hydrogens is 444 g/mol.